The summed E-state index contributed by atoms with van der Waals surface area (Å²) in [6.45, 7) is 1.51. The van der Waals surface area contributed by atoms with E-state index in [0.717, 1.165) is 0 Å². The van der Waals surface area contributed by atoms with E-state index in [1.54, 1.807) is 0 Å². The first-order valence-electron chi connectivity index (χ1n) is 3.67. The molecule has 2 N–H and O–H groups in total. The predicted molar refractivity (Wildman–Crippen MR) is 43.7 cm³/mol. The van der Waals surface area contributed by atoms with E-state index >= 15 is 0 Å². The van der Waals surface area contributed by atoms with E-state index in [9.17, 15) is 13.2 Å². The number of aliphatic hydroxyl groups excluding tert-OH is 1. The Kier molecular flexibility index (Phi) is 4.89. The van der Waals surface area contributed by atoms with Crippen molar-refractivity contribution >= 4 is 16.1 Å². The van der Waals surface area contributed by atoms with Gasteiger partial charge in [-0.15, -0.1) is 0 Å². The normalized spacial score (nSPS) is 14.0. The van der Waals surface area contributed by atoms with E-state index in [1.165, 1.54) is 6.92 Å². The van der Waals surface area contributed by atoms with E-state index in [-0.39, 0.29) is 13.0 Å². The van der Waals surface area contributed by atoms with Gasteiger partial charge in [0.2, 0.25) is 0 Å². The maximum absolute atomic E-state index is 10.8. The third kappa shape index (κ3) is 5.56. The van der Waals surface area contributed by atoms with Gasteiger partial charge in [-0.2, -0.15) is 8.42 Å². The Morgan fingerprint density at radius 1 is 1.54 bits per heavy atom. The molecule has 6 nitrogen and oxygen atoms in total. The highest BCUT2D eigenvalue weighted by Gasteiger charge is 2.18. The molecule has 0 aromatic carbocycles. The molecule has 1 unspecified atom stereocenters. The van der Waals surface area contributed by atoms with Crippen LogP contribution in [0.5, 0.6) is 0 Å². The molecule has 1 atom stereocenters. The smallest absolute Gasteiger partial charge is 0.332 e. The van der Waals surface area contributed by atoms with Crippen molar-refractivity contribution in [1.29, 1.82) is 0 Å². The van der Waals surface area contributed by atoms with Crippen LogP contribution in [0.4, 0.5) is 0 Å². The third-order valence-corrected chi connectivity index (χ3v) is 2.55. The van der Waals surface area contributed by atoms with Gasteiger partial charge in [-0.25, -0.2) is 4.79 Å². The van der Waals surface area contributed by atoms with Gasteiger partial charge in [0.15, 0.2) is 6.10 Å². The van der Waals surface area contributed by atoms with Gasteiger partial charge in [0.1, 0.15) is 0 Å². The second-order valence-electron chi connectivity index (χ2n) is 2.31. The Hall–Kier alpha value is -0.660. The molecule has 0 aliphatic carbocycles. The minimum absolute atomic E-state index is 0.00546. The van der Waals surface area contributed by atoms with Gasteiger partial charge in [0, 0.05) is 6.42 Å². The van der Waals surface area contributed by atoms with Crippen LogP contribution in [0.3, 0.4) is 0 Å². The zero-order chi connectivity index (χ0) is 10.5. The summed E-state index contributed by atoms with van der Waals surface area (Å²) in [5, 5.41) is 17.0. The molecule has 0 amide bonds. The Morgan fingerprint density at radius 3 is 2.46 bits per heavy atom. The van der Waals surface area contributed by atoms with E-state index in [0.29, 0.717) is 0 Å². The molecule has 0 radical (unpaired) electrons. The lowest BCUT2D eigenvalue weighted by Crippen LogP contribution is -2.23. The molecular weight excluding hydrogens is 200 g/mol. The summed E-state index contributed by atoms with van der Waals surface area (Å²) in [5.41, 5.74) is 0. The van der Waals surface area contributed by atoms with Crippen molar-refractivity contribution in [3.8, 4) is 0 Å². The minimum Gasteiger partial charge on any atom is -0.479 e. The summed E-state index contributed by atoms with van der Waals surface area (Å²) < 4.78 is 26.0. The molecule has 0 aromatic rings. The summed E-state index contributed by atoms with van der Waals surface area (Å²) in [6, 6.07) is 0. The van der Waals surface area contributed by atoms with Gasteiger partial charge in [0.25, 0.3) is 10.1 Å². The van der Waals surface area contributed by atoms with Crippen LogP contribution in [0.25, 0.3) is 0 Å². The van der Waals surface area contributed by atoms with Crippen molar-refractivity contribution in [2.45, 2.75) is 19.4 Å². The van der Waals surface area contributed by atoms with Crippen LogP contribution in [0.15, 0.2) is 0 Å². The van der Waals surface area contributed by atoms with Gasteiger partial charge >= 0.3 is 5.97 Å². The van der Waals surface area contributed by atoms with Crippen LogP contribution in [-0.2, 0) is 19.1 Å². The molecule has 0 heterocycles. The van der Waals surface area contributed by atoms with Crippen LogP contribution < -0.4 is 0 Å². The van der Waals surface area contributed by atoms with Crippen molar-refractivity contribution < 1.29 is 27.6 Å². The molecule has 0 bridgehead atoms. The van der Waals surface area contributed by atoms with Crippen LogP contribution >= 0.6 is 0 Å². The number of hydrogen-bond acceptors (Lipinski definition) is 5. The fourth-order valence-corrected chi connectivity index (χ4v) is 1.61. The highest BCUT2D eigenvalue weighted by molar-refractivity contribution is 7.86. The molecule has 0 fully saturated rings. The average molecular weight is 212 g/mol. The first kappa shape index (κ1) is 12.3. The Balaban J connectivity index is 3.95. The lowest BCUT2D eigenvalue weighted by molar-refractivity contribution is -0.146. The van der Waals surface area contributed by atoms with E-state index in [1.807, 2.05) is 0 Å². The van der Waals surface area contributed by atoms with Crippen molar-refractivity contribution in [2.75, 3.05) is 12.4 Å². The fraction of sp³-hybridized carbons (Fsp3) is 0.833. The maximum Gasteiger partial charge on any atom is 0.332 e. The molecule has 78 valence electrons. The second kappa shape index (κ2) is 5.15. The predicted octanol–water partition coefficient (Wildman–Crippen LogP) is -0.812. The topological polar surface area (TPSA) is 101 Å². The van der Waals surface area contributed by atoms with Gasteiger partial charge in [-0.05, 0) is 6.92 Å². The fourth-order valence-electron chi connectivity index (χ4n) is 0.618. The molecule has 13 heavy (non-hydrogen) atoms. The molecular formula is C6H12O6S. The van der Waals surface area contributed by atoms with Crippen molar-refractivity contribution in [2.24, 2.45) is 0 Å². The molecule has 0 saturated heterocycles. The average Bonchev–Trinajstić information content (AvgIpc) is 2.00. The summed E-state index contributed by atoms with van der Waals surface area (Å²) >= 11 is 0. The van der Waals surface area contributed by atoms with Gasteiger partial charge < -0.3 is 10.2 Å². The van der Waals surface area contributed by atoms with Crippen LogP contribution in [0.1, 0.15) is 13.3 Å². The first-order chi connectivity index (χ1) is 5.89. The molecule has 0 rings (SSSR count). The Labute approximate surface area is 76.3 Å². The third-order valence-electron chi connectivity index (χ3n) is 1.22. The molecule has 0 saturated carbocycles. The Morgan fingerprint density at radius 2 is 2.08 bits per heavy atom. The number of rotatable bonds is 6. The second-order valence-corrected chi connectivity index (χ2v) is 4.07. The van der Waals surface area contributed by atoms with Crippen LogP contribution in [0, 0.1) is 0 Å². The molecule has 0 spiro atoms. The lowest BCUT2D eigenvalue weighted by Gasteiger charge is -2.05. The zero-order valence-electron chi connectivity index (χ0n) is 7.13. The Bertz CT molecular complexity index is 256. The molecule has 0 aliphatic rings. The van der Waals surface area contributed by atoms with Crippen LogP contribution in [-0.4, -0.2) is 43.1 Å². The lowest BCUT2D eigenvalue weighted by atomic mass is 10.3. The number of carboxylic acid groups (broad SMARTS) is 1. The minimum atomic E-state index is -3.68. The van der Waals surface area contributed by atoms with E-state index < -0.39 is 27.9 Å². The highest BCUT2D eigenvalue weighted by Crippen LogP contribution is 2.00. The van der Waals surface area contributed by atoms with Gasteiger partial charge in [-0.3, -0.25) is 4.18 Å². The van der Waals surface area contributed by atoms with Crippen LogP contribution in [0.2, 0.25) is 0 Å². The molecule has 0 aliphatic heterocycles. The summed E-state index contributed by atoms with van der Waals surface area (Å²) in [5.74, 6) is -1.93. The monoisotopic (exact) mass is 212 g/mol. The maximum atomic E-state index is 10.8. The standard InChI is InChI=1S/C6H12O6S/c1-2-12-13(10,11)4-3-5(7)6(8)9/h5,7H,2-4H2,1H3,(H,8,9). The van der Waals surface area contributed by atoms with E-state index in [2.05, 4.69) is 4.18 Å². The zero-order valence-corrected chi connectivity index (χ0v) is 7.95. The highest BCUT2D eigenvalue weighted by atomic mass is 32.2. The largest absolute Gasteiger partial charge is 0.479 e. The number of aliphatic carboxylic acids is 1. The SMILES string of the molecule is CCOS(=O)(=O)CCC(O)C(=O)O. The number of carbonyl (C=O) groups is 1. The number of carboxylic acids is 1. The van der Waals surface area contributed by atoms with Crippen molar-refractivity contribution in [3.05, 3.63) is 0 Å². The number of hydrogen-bond donors (Lipinski definition) is 2. The molecule has 0 aromatic heterocycles. The quantitative estimate of drug-likeness (QED) is 0.558. The summed E-state index contributed by atoms with van der Waals surface area (Å²) in [7, 11) is -3.68. The first-order valence-corrected chi connectivity index (χ1v) is 5.24. The van der Waals surface area contributed by atoms with E-state index in [4.69, 9.17) is 10.2 Å². The summed E-state index contributed by atoms with van der Waals surface area (Å²) in [6.07, 6.45) is -2.02. The molecule has 7 heteroatoms. The summed E-state index contributed by atoms with van der Waals surface area (Å²) in [4.78, 5) is 10.1. The van der Waals surface area contributed by atoms with Crippen molar-refractivity contribution in [3.63, 3.8) is 0 Å². The van der Waals surface area contributed by atoms with Gasteiger partial charge in [0.05, 0.1) is 12.4 Å². The van der Waals surface area contributed by atoms with Gasteiger partial charge in [-0.1, -0.05) is 0 Å². The number of aliphatic hydroxyl groups is 1. The van der Waals surface area contributed by atoms with Crippen molar-refractivity contribution in [1.82, 2.24) is 0 Å².